The number of carbonyl (C=O) groups is 1. The van der Waals surface area contributed by atoms with Gasteiger partial charge >= 0.3 is 0 Å². The molecule has 0 fully saturated rings. The number of hydrogen-bond acceptors (Lipinski definition) is 4. The van der Waals surface area contributed by atoms with E-state index in [1.54, 1.807) is 18.2 Å². The van der Waals surface area contributed by atoms with E-state index >= 15 is 0 Å². The van der Waals surface area contributed by atoms with E-state index in [-0.39, 0.29) is 18.3 Å². The van der Waals surface area contributed by atoms with Crippen LogP contribution in [0.15, 0.2) is 52.0 Å². The molecule has 0 aliphatic carbocycles. The number of ether oxygens (including phenoxy) is 1. The Morgan fingerprint density at radius 3 is 2.75 bits per heavy atom. The molecule has 0 bridgehead atoms. The van der Waals surface area contributed by atoms with Crippen molar-refractivity contribution in [3.05, 3.63) is 58.1 Å². The number of benzene rings is 2. The van der Waals surface area contributed by atoms with Gasteiger partial charge in [-0.1, -0.05) is 41.4 Å². The smallest absolute Gasteiger partial charge is 0.277 e. The van der Waals surface area contributed by atoms with Gasteiger partial charge in [-0.3, -0.25) is 4.79 Å². The highest BCUT2D eigenvalue weighted by molar-refractivity contribution is 9.10. The first-order valence-electron chi connectivity index (χ1n) is 7.60. The summed E-state index contributed by atoms with van der Waals surface area (Å²) in [5, 5.41) is 13.5. The number of aromatic hydroxyl groups is 1. The minimum Gasteiger partial charge on any atom is -0.507 e. The molecule has 0 radical (unpaired) electrons. The fourth-order valence-electron chi connectivity index (χ4n) is 2.02. The summed E-state index contributed by atoms with van der Waals surface area (Å²) in [6, 6.07) is 12.6. The molecule has 2 rings (SSSR count). The van der Waals surface area contributed by atoms with Gasteiger partial charge < -0.3 is 9.84 Å². The summed E-state index contributed by atoms with van der Waals surface area (Å²) < 4.78 is 6.21. The van der Waals surface area contributed by atoms with Crippen molar-refractivity contribution in [2.24, 2.45) is 5.10 Å². The SMILES string of the molecule is CCCc1ccc(OCC(=O)NN=Cc2cc(Br)ccc2O)cc1. The zero-order chi connectivity index (χ0) is 17.4. The summed E-state index contributed by atoms with van der Waals surface area (Å²) in [7, 11) is 0. The van der Waals surface area contributed by atoms with Gasteiger partial charge in [-0.05, 0) is 42.3 Å². The molecule has 2 N–H and O–H groups in total. The number of hydrogen-bond donors (Lipinski definition) is 2. The van der Waals surface area contributed by atoms with Crippen molar-refractivity contribution in [3.8, 4) is 11.5 Å². The fraction of sp³-hybridized carbons (Fsp3) is 0.222. The van der Waals surface area contributed by atoms with Gasteiger partial charge in [0.15, 0.2) is 6.61 Å². The number of hydrazone groups is 1. The predicted molar refractivity (Wildman–Crippen MR) is 97.5 cm³/mol. The van der Waals surface area contributed by atoms with Crippen LogP contribution in [0.2, 0.25) is 0 Å². The van der Waals surface area contributed by atoms with E-state index in [1.807, 2.05) is 24.3 Å². The Bertz CT molecular complexity index is 715. The monoisotopic (exact) mass is 390 g/mol. The van der Waals surface area contributed by atoms with Crippen molar-refractivity contribution in [2.75, 3.05) is 6.61 Å². The van der Waals surface area contributed by atoms with Crippen molar-refractivity contribution >= 4 is 28.1 Å². The molecule has 0 aliphatic heterocycles. The highest BCUT2D eigenvalue weighted by atomic mass is 79.9. The van der Waals surface area contributed by atoms with E-state index < -0.39 is 0 Å². The molecule has 1 amide bonds. The Hall–Kier alpha value is -2.34. The first kappa shape index (κ1) is 18.0. The molecule has 0 atom stereocenters. The van der Waals surface area contributed by atoms with Gasteiger partial charge in [-0.2, -0.15) is 5.10 Å². The van der Waals surface area contributed by atoms with E-state index in [9.17, 15) is 9.90 Å². The van der Waals surface area contributed by atoms with Crippen LogP contribution in [0.3, 0.4) is 0 Å². The van der Waals surface area contributed by atoms with Crippen LogP contribution in [-0.2, 0) is 11.2 Å². The van der Waals surface area contributed by atoms with Crippen LogP contribution in [0, 0.1) is 0 Å². The topological polar surface area (TPSA) is 70.9 Å². The number of nitrogens with one attached hydrogen (secondary N) is 1. The standard InChI is InChI=1S/C18H19BrN2O3/c1-2-3-13-4-7-16(8-5-13)24-12-18(23)21-20-11-14-10-15(19)6-9-17(14)22/h4-11,22H,2-3,12H2,1H3,(H,21,23). The lowest BCUT2D eigenvalue weighted by atomic mass is 10.1. The maximum Gasteiger partial charge on any atom is 0.277 e. The molecule has 2 aromatic carbocycles. The van der Waals surface area contributed by atoms with E-state index in [0.717, 1.165) is 17.3 Å². The fourth-order valence-corrected chi connectivity index (χ4v) is 2.40. The molecule has 0 spiro atoms. The molecule has 0 aromatic heterocycles. The Balaban J connectivity index is 1.80. The van der Waals surface area contributed by atoms with E-state index in [4.69, 9.17) is 4.74 Å². The number of halogens is 1. The molecule has 0 saturated heterocycles. The number of phenolic OH excluding ortho intramolecular Hbond substituents is 1. The molecule has 5 nitrogen and oxygen atoms in total. The average molecular weight is 391 g/mol. The van der Waals surface area contributed by atoms with Gasteiger partial charge in [-0.25, -0.2) is 5.43 Å². The lowest BCUT2D eigenvalue weighted by Crippen LogP contribution is -2.24. The molecule has 0 heterocycles. The number of phenols is 1. The van der Waals surface area contributed by atoms with E-state index in [1.165, 1.54) is 11.8 Å². The summed E-state index contributed by atoms with van der Waals surface area (Å²) in [6.07, 6.45) is 3.49. The van der Waals surface area contributed by atoms with Gasteiger partial charge in [0, 0.05) is 10.0 Å². The maximum atomic E-state index is 11.7. The molecule has 6 heteroatoms. The second-order valence-electron chi connectivity index (χ2n) is 5.18. The summed E-state index contributed by atoms with van der Waals surface area (Å²) in [6.45, 7) is 2.00. The third-order valence-electron chi connectivity index (χ3n) is 3.21. The molecule has 24 heavy (non-hydrogen) atoms. The molecular formula is C18H19BrN2O3. The number of nitrogens with zero attached hydrogens (tertiary/aromatic N) is 1. The van der Waals surface area contributed by atoms with Gasteiger partial charge in [0.2, 0.25) is 0 Å². The molecule has 0 unspecified atom stereocenters. The first-order valence-corrected chi connectivity index (χ1v) is 8.40. The third-order valence-corrected chi connectivity index (χ3v) is 3.71. The summed E-state index contributed by atoms with van der Waals surface area (Å²) in [4.78, 5) is 11.7. The molecule has 0 aliphatic rings. The van der Waals surface area contributed by atoms with E-state index in [0.29, 0.717) is 11.3 Å². The minimum absolute atomic E-state index is 0.0830. The second-order valence-corrected chi connectivity index (χ2v) is 6.09. The van der Waals surface area contributed by atoms with Gasteiger partial charge in [0.05, 0.1) is 6.21 Å². The highest BCUT2D eigenvalue weighted by Gasteiger charge is 2.03. The second kappa shape index (κ2) is 9.08. The van der Waals surface area contributed by atoms with Gasteiger partial charge in [0.25, 0.3) is 5.91 Å². The van der Waals surface area contributed by atoms with Crippen molar-refractivity contribution in [3.63, 3.8) is 0 Å². The van der Waals surface area contributed by atoms with Crippen molar-refractivity contribution in [1.82, 2.24) is 5.43 Å². The Morgan fingerprint density at radius 2 is 2.04 bits per heavy atom. The largest absolute Gasteiger partial charge is 0.507 e. The van der Waals surface area contributed by atoms with Crippen molar-refractivity contribution in [2.45, 2.75) is 19.8 Å². The van der Waals surface area contributed by atoms with Crippen molar-refractivity contribution in [1.29, 1.82) is 0 Å². The van der Waals surface area contributed by atoms with Gasteiger partial charge in [-0.15, -0.1) is 0 Å². The predicted octanol–water partition coefficient (Wildman–Crippen LogP) is 3.64. The number of aryl methyl sites for hydroxylation is 1. The zero-order valence-corrected chi connectivity index (χ0v) is 14.9. The lowest BCUT2D eigenvalue weighted by molar-refractivity contribution is -0.123. The highest BCUT2D eigenvalue weighted by Crippen LogP contribution is 2.19. The van der Waals surface area contributed by atoms with E-state index in [2.05, 4.69) is 33.4 Å². The first-order chi connectivity index (χ1) is 11.6. The quantitative estimate of drug-likeness (QED) is 0.559. The summed E-state index contributed by atoms with van der Waals surface area (Å²) >= 11 is 3.30. The van der Waals surface area contributed by atoms with Crippen LogP contribution in [0.5, 0.6) is 11.5 Å². The van der Waals surface area contributed by atoms with Gasteiger partial charge in [0.1, 0.15) is 11.5 Å². The molecule has 2 aromatic rings. The van der Waals surface area contributed by atoms with Crippen molar-refractivity contribution < 1.29 is 14.6 Å². The normalized spacial score (nSPS) is 10.8. The number of carbonyl (C=O) groups excluding carboxylic acids is 1. The molecule has 0 saturated carbocycles. The van der Waals surface area contributed by atoms with Crippen LogP contribution < -0.4 is 10.2 Å². The van der Waals surface area contributed by atoms with Crippen LogP contribution >= 0.6 is 15.9 Å². The van der Waals surface area contributed by atoms with Crippen LogP contribution in [0.4, 0.5) is 0 Å². The third kappa shape index (κ3) is 5.70. The maximum absolute atomic E-state index is 11.7. The Kier molecular flexibility index (Phi) is 6.81. The minimum atomic E-state index is -0.377. The Morgan fingerprint density at radius 1 is 1.29 bits per heavy atom. The summed E-state index contributed by atoms with van der Waals surface area (Å²) in [5.74, 6) is 0.344. The zero-order valence-electron chi connectivity index (χ0n) is 13.3. The summed E-state index contributed by atoms with van der Waals surface area (Å²) in [5.41, 5.74) is 4.10. The van der Waals surface area contributed by atoms with Crippen LogP contribution in [0.25, 0.3) is 0 Å². The number of amides is 1. The average Bonchev–Trinajstić information content (AvgIpc) is 2.58. The molecular weight excluding hydrogens is 372 g/mol. The van der Waals surface area contributed by atoms with Crippen LogP contribution in [-0.4, -0.2) is 23.8 Å². The number of rotatable bonds is 7. The molecule has 126 valence electrons. The van der Waals surface area contributed by atoms with Crippen LogP contribution in [0.1, 0.15) is 24.5 Å². The Labute approximate surface area is 149 Å². The lowest BCUT2D eigenvalue weighted by Gasteiger charge is -2.06.